The van der Waals surface area contributed by atoms with Crippen molar-refractivity contribution >= 4 is 11.2 Å². The molecule has 9 heavy (non-hydrogen) atoms. The van der Waals surface area contributed by atoms with Crippen molar-refractivity contribution in [1.82, 2.24) is 9.55 Å². The summed E-state index contributed by atoms with van der Waals surface area (Å²) in [6, 6.07) is 0. The van der Waals surface area contributed by atoms with E-state index in [4.69, 9.17) is 0 Å². The Morgan fingerprint density at radius 2 is 2.44 bits per heavy atom. The molecule has 0 saturated carbocycles. The fourth-order valence-electron chi connectivity index (χ4n) is 0.629. The Hall–Kier alpha value is -0.480. The van der Waals surface area contributed by atoms with Crippen LogP contribution in [0.15, 0.2) is 17.6 Å². The summed E-state index contributed by atoms with van der Waals surface area (Å²) in [5.41, 5.74) is 0. The molecule has 1 unspecified atom stereocenters. The maximum atomic E-state index is 10.8. The van der Waals surface area contributed by atoms with Crippen LogP contribution in [0.25, 0.3) is 0 Å². The largest absolute Gasteiger partial charge is 0.609 e. The highest BCUT2D eigenvalue weighted by atomic mass is 32.2. The topological polar surface area (TPSA) is 40.9 Å². The molecule has 0 N–H and O–H groups in total. The first-order valence-electron chi connectivity index (χ1n) is 2.52. The van der Waals surface area contributed by atoms with Gasteiger partial charge in [0.05, 0.1) is 6.20 Å². The van der Waals surface area contributed by atoms with E-state index in [-0.39, 0.29) is 0 Å². The predicted octanol–water partition coefficient (Wildman–Crippen LogP) is 0.157. The molecule has 0 bridgehead atoms. The van der Waals surface area contributed by atoms with Crippen LogP contribution < -0.4 is 0 Å². The highest BCUT2D eigenvalue weighted by molar-refractivity contribution is 7.90. The average molecular weight is 144 g/mol. The average Bonchev–Trinajstić information content (AvgIpc) is 2.13. The van der Waals surface area contributed by atoms with Gasteiger partial charge in [-0.15, -0.1) is 0 Å². The minimum Gasteiger partial charge on any atom is -0.609 e. The van der Waals surface area contributed by atoms with Crippen molar-refractivity contribution < 1.29 is 4.55 Å². The molecule has 1 aromatic rings. The van der Waals surface area contributed by atoms with Gasteiger partial charge in [0.25, 0.3) is 0 Å². The lowest BCUT2D eigenvalue weighted by Crippen LogP contribution is -2.04. The van der Waals surface area contributed by atoms with Gasteiger partial charge in [-0.2, -0.15) is 4.98 Å². The lowest BCUT2D eigenvalue weighted by molar-refractivity contribution is 0.584. The van der Waals surface area contributed by atoms with Crippen molar-refractivity contribution in [2.45, 2.75) is 5.16 Å². The molecule has 50 valence electrons. The monoisotopic (exact) mass is 144 g/mol. The van der Waals surface area contributed by atoms with Gasteiger partial charge in [-0.3, -0.25) is 4.57 Å². The van der Waals surface area contributed by atoms with Crippen LogP contribution in [-0.2, 0) is 18.2 Å². The van der Waals surface area contributed by atoms with Crippen LogP contribution in [0.5, 0.6) is 0 Å². The van der Waals surface area contributed by atoms with E-state index in [1.807, 2.05) is 7.05 Å². The van der Waals surface area contributed by atoms with Gasteiger partial charge in [0, 0.05) is 24.4 Å². The number of hydrogen-bond acceptors (Lipinski definition) is 2. The molecule has 1 aromatic heterocycles. The Morgan fingerprint density at radius 1 is 1.78 bits per heavy atom. The molecule has 0 aliphatic rings. The van der Waals surface area contributed by atoms with E-state index in [0.29, 0.717) is 5.16 Å². The molecular formula is C5H8N2OS. The summed E-state index contributed by atoms with van der Waals surface area (Å²) < 4.78 is 12.5. The van der Waals surface area contributed by atoms with Gasteiger partial charge >= 0.3 is 5.16 Å². The first kappa shape index (κ1) is 6.64. The third-order valence-electron chi connectivity index (χ3n) is 1.03. The maximum absolute atomic E-state index is 10.8. The van der Waals surface area contributed by atoms with Crippen molar-refractivity contribution in [2.75, 3.05) is 6.26 Å². The van der Waals surface area contributed by atoms with Crippen molar-refractivity contribution in [3.05, 3.63) is 12.4 Å². The molecule has 1 rings (SSSR count). The predicted molar refractivity (Wildman–Crippen MR) is 35.5 cm³/mol. The highest BCUT2D eigenvalue weighted by Gasteiger charge is 2.07. The Morgan fingerprint density at radius 3 is 2.67 bits per heavy atom. The Kier molecular flexibility index (Phi) is 1.78. The van der Waals surface area contributed by atoms with Gasteiger partial charge in [0.2, 0.25) is 0 Å². The summed E-state index contributed by atoms with van der Waals surface area (Å²) in [6.07, 6.45) is 5.02. The van der Waals surface area contributed by atoms with Crippen LogP contribution >= 0.6 is 0 Å². The molecule has 0 aliphatic heterocycles. The first-order chi connectivity index (χ1) is 4.22. The van der Waals surface area contributed by atoms with Crippen LogP contribution in [0.4, 0.5) is 0 Å². The van der Waals surface area contributed by atoms with Gasteiger partial charge in [0.1, 0.15) is 6.26 Å². The molecule has 1 heterocycles. The zero-order valence-electron chi connectivity index (χ0n) is 5.37. The van der Waals surface area contributed by atoms with Crippen LogP contribution in [0.2, 0.25) is 0 Å². The van der Waals surface area contributed by atoms with Crippen molar-refractivity contribution in [1.29, 1.82) is 0 Å². The smallest absolute Gasteiger partial charge is 0.322 e. The van der Waals surface area contributed by atoms with Crippen LogP contribution in [0.3, 0.4) is 0 Å². The molecule has 0 saturated heterocycles. The summed E-state index contributed by atoms with van der Waals surface area (Å²) in [4.78, 5) is 3.88. The molecule has 4 heteroatoms. The Labute approximate surface area is 56.9 Å². The normalized spacial score (nSPS) is 13.7. The quantitative estimate of drug-likeness (QED) is 0.527. The van der Waals surface area contributed by atoms with E-state index in [0.717, 1.165) is 0 Å². The van der Waals surface area contributed by atoms with Crippen LogP contribution in [-0.4, -0.2) is 20.4 Å². The number of aromatic nitrogens is 2. The second kappa shape index (κ2) is 2.41. The fourth-order valence-corrected chi connectivity index (χ4v) is 1.30. The molecule has 0 spiro atoms. The van der Waals surface area contributed by atoms with Crippen molar-refractivity contribution in [3.63, 3.8) is 0 Å². The summed E-state index contributed by atoms with van der Waals surface area (Å²) in [6.45, 7) is 0. The summed E-state index contributed by atoms with van der Waals surface area (Å²) >= 11 is -0.958. The lowest BCUT2D eigenvalue weighted by Gasteiger charge is -2.00. The van der Waals surface area contributed by atoms with Crippen molar-refractivity contribution in [2.24, 2.45) is 7.05 Å². The minimum atomic E-state index is -0.958. The standard InChI is InChI=1S/C5H8N2OS/c1-7-4-3-6-5(7)9(2)8/h3-4H,1-2H3. The molecule has 0 aliphatic carbocycles. The second-order valence-corrected chi connectivity index (χ2v) is 3.05. The Balaban J connectivity index is 2.94. The third-order valence-corrected chi connectivity index (χ3v) is 1.94. The van der Waals surface area contributed by atoms with Crippen LogP contribution in [0.1, 0.15) is 0 Å². The Bertz CT molecular complexity index is 197. The van der Waals surface area contributed by atoms with Gasteiger partial charge in [-0.05, 0) is 0 Å². The van der Waals surface area contributed by atoms with Crippen molar-refractivity contribution in [3.8, 4) is 0 Å². The fraction of sp³-hybridized carbons (Fsp3) is 0.400. The molecule has 0 amide bonds. The SMILES string of the molecule is Cn1ccnc1[S+](C)[O-]. The first-order valence-corrected chi connectivity index (χ1v) is 4.08. The molecule has 0 fully saturated rings. The minimum absolute atomic E-state index is 0.620. The summed E-state index contributed by atoms with van der Waals surface area (Å²) in [5, 5.41) is 0.620. The number of aryl methyl sites for hydroxylation is 1. The number of imidazole rings is 1. The van der Waals surface area contributed by atoms with Crippen LogP contribution in [0, 0.1) is 0 Å². The molecule has 0 aromatic carbocycles. The molecular weight excluding hydrogens is 136 g/mol. The van der Waals surface area contributed by atoms with Gasteiger partial charge in [-0.25, -0.2) is 0 Å². The van der Waals surface area contributed by atoms with E-state index in [2.05, 4.69) is 4.98 Å². The number of nitrogens with zero attached hydrogens (tertiary/aromatic N) is 2. The van der Waals surface area contributed by atoms with E-state index < -0.39 is 11.2 Å². The molecule has 0 radical (unpaired) electrons. The highest BCUT2D eigenvalue weighted by Crippen LogP contribution is 2.01. The van der Waals surface area contributed by atoms with Gasteiger partial charge in [-0.1, -0.05) is 0 Å². The second-order valence-electron chi connectivity index (χ2n) is 1.77. The third kappa shape index (κ3) is 1.25. The summed E-state index contributed by atoms with van der Waals surface area (Å²) in [7, 11) is 1.82. The zero-order valence-corrected chi connectivity index (χ0v) is 6.18. The zero-order chi connectivity index (χ0) is 6.85. The van der Waals surface area contributed by atoms with E-state index >= 15 is 0 Å². The van der Waals surface area contributed by atoms with Gasteiger partial charge < -0.3 is 4.55 Å². The lowest BCUT2D eigenvalue weighted by atomic mass is 10.9. The van der Waals surface area contributed by atoms with E-state index in [9.17, 15) is 4.55 Å². The molecule has 3 nitrogen and oxygen atoms in total. The maximum Gasteiger partial charge on any atom is 0.322 e. The number of hydrogen-bond donors (Lipinski definition) is 0. The molecule has 1 atom stereocenters. The summed E-state index contributed by atoms with van der Waals surface area (Å²) in [5.74, 6) is 0. The van der Waals surface area contributed by atoms with E-state index in [1.54, 1.807) is 23.2 Å². The number of rotatable bonds is 1. The van der Waals surface area contributed by atoms with Gasteiger partial charge in [0.15, 0.2) is 0 Å². The van der Waals surface area contributed by atoms with E-state index in [1.165, 1.54) is 0 Å².